The van der Waals surface area contributed by atoms with E-state index < -0.39 is 0 Å². The number of fused-ring (bicyclic) bond motifs is 1. The first-order chi connectivity index (χ1) is 12.9. The number of halogens is 1. The summed E-state index contributed by atoms with van der Waals surface area (Å²) in [6.07, 6.45) is 11.0. The second-order valence-corrected chi connectivity index (χ2v) is 7.02. The fourth-order valence-electron chi connectivity index (χ4n) is 3.78. The van der Waals surface area contributed by atoms with Crippen LogP contribution in [0.1, 0.15) is 30.4 Å². The topological polar surface area (TPSA) is 53.9 Å². The quantitative estimate of drug-likeness (QED) is 0.729. The summed E-state index contributed by atoms with van der Waals surface area (Å²) in [7, 11) is 0. The maximum atomic E-state index is 4.43. The third-order valence-corrected chi connectivity index (χ3v) is 5.11. The molecule has 6 heteroatoms. The van der Waals surface area contributed by atoms with Crippen LogP contribution in [-0.2, 0) is 13.1 Å². The second-order valence-electron chi connectivity index (χ2n) is 7.02. The van der Waals surface area contributed by atoms with Crippen LogP contribution in [0.25, 0.3) is 10.9 Å². The van der Waals surface area contributed by atoms with Gasteiger partial charge < -0.3 is 5.32 Å². The first kappa shape index (κ1) is 19.7. The molecule has 3 aromatic rings. The minimum atomic E-state index is 0. The second kappa shape index (κ2) is 9.74. The van der Waals surface area contributed by atoms with Crippen molar-refractivity contribution in [2.75, 3.05) is 13.1 Å². The Labute approximate surface area is 166 Å². The number of benzene rings is 1. The van der Waals surface area contributed by atoms with Gasteiger partial charge in [-0.25, -0.2) is 9.97 Å². The molecule has 0 aliphatic carbocycles. The molecule has 4 rings (SSSR count). The number of rotatable bonds is 5. The minimum Gasteiger partial charge on any atom is -0.317 e. The van der Waals surface area contributed by atoms with Gasteiger partial charge in [0, 0.05) is 48.7 Å². The fourth-order valence-corrected chi connectivity index (χ4v) is 3.78. The number of nitrogens with one attached hydrogen (secondary N) is 1. The molecule has 1 N–H and O–H groups in total. The van der Waals surface area contributed by atoms with E-state index in [2.05, 4.69) is 49.4 Å². The van der Waals surface area contributed by atoms with E-state index >= 15 is 0 Å². The van der Waals surface area contributed by atoms with Crippen LogP contribution in [-0.4, -0.2) is 39.0 Å². The molecule has 0 radical (unpaired) electrons. The molecular weight excluding hydrogens is 358 g/mol. The van der Waals surface area contributed by atoms with Gasteiger partial charge in [-0.15, -0.1) is 12.4 Å². The van der Waals surface area contributed by atoms with Crippen molar-refractivity contribution in [3.05, 3.63) is 66.4 Å². The Balaban J connectivity index is 0.00000210. The predicted molar refractivity (Wildman–Crippen MR) is 111 cm³/mol. The lowest BCUT2D eigenvalue weighted by Gasteiger charge is -2.31. The summed E-state index contributed by atoms with van der Waals surface area (Å²) in [4.78, 5) is 15.4. The lowest BCUT2D eigenvalue weighted by Crippen LogP contribution is -2.35. The highest BCUT2D eigenvalue weighted by Gasteiger charge is 2.21. The highest BCUT2D eigenvalue weighted by molar-refractivity contribution is 5.85. The van der Waals surface area contributed by atoms with Crippen molar-refractivity contribution in [2.24, 2.45) is 0 Å². The highest BCUT2D eigenvalue weighted by atomic mass is 35.5. The Morgan fingerprint density at radius 3 is 2.74 bits per heavy atom. The average Bonchev–Trinajstić information content (AvgIpc) is 2.98. The molecule has 0 saturated carbocycles. The van der Waals surface area contributed by atoms with E-state index in [-0.39, 0.29) is 12.4 Å². The van der Waals surface area contributed by atoms with Crippen molar-refractivity contribution >= 4 is 23.3 Å². The van der Waals surface area contributed by atoms with Crippen LogP contribution in [0.3, 0.4) is 0 Å². The summed E-state index contributed by atoms with van der Waals surface area (Å²) in [5.41, 5.74) is 3.56. The van der Waals surface area contributed by atoms with E-state index in [1.165, 1.54) is 35.8 Å². The van der Waals surface area contributed by atoms with Gasteiger partial charge in [0.25, 0.3) is 0 Å². The van der Waals surface area contributed by atoms with Crippen LogP contribution in [0.2, 0.25) is 0 Å². The fraction of sp³-hybridized carbons (Fsp3) is 0.381. The number of pyridine rings is 1. The summed E-state index contributed by atoms with van der Waals surface area (Å²) in [5.74, 6) is 0. The summed E-state index contributed by atoms with van der Waals surface area (Å²) >= 11 is 0. The average molecular weight is 384 g/mol. The molecule has 0 spiro atoms. The molecule has 3 heterocycles. The van der Waals surface area contributed by atoms with Gasteiger partial charge in [0.2, 0.25) is 0 Å². The third kappa shape index (κ3) is 5.22. The first-order valence-electron chi connectivity index (χ1n) is 9.41. The Hall–Kier alpha value is -2.08. The Morgan fingerprint density at radius 1 is 1.00 bits per heavy atom. The molecule has 1 aliphatic rings. The van der Waals surface area contributed by atoms with E-state index in [1.54, 1.807) is 6.33 Å². The molecule has 2 aromatic heterocycles. The van der Waals surface area contributed by atoms with Crippen molar-refractivity contribution in [3.63, 3.8) is 0 Å². The maximum Gasteiger partial charge on any atom is 0.115 e. The SMILES string of the molecule is Cl.c1cnc2ccc(CN(Cc3cncnc3)C3CCCNCC3)cc2c1. The van der Waals surface area contributed by atoms with Crippen LogP contribution >= 0.6 is 12.4 Å². The molecule has 0 amide bonds. The number of aromatic nitrogens is 3. The van der Waals surface area contributed by atoms with Crippen LogP contribution in [0.4, 0.5) is 0 Å². The molecule has 5 nitrogen and oxygen atoms in total. The molecule has 27 heavy (non-hydrogen) atoms. The van der Waals surface area contributed by atoms with Gasteiger partial charge in [0.1, 0.15) is 6.33 Å². The van der Waals surface area contributed by atoms with Gasteiger partial charge in [-0.2, -0.15) is 0 Å². The molecule has 1 unspecified atom stereocenters. The van der Waals surface area contributed by atoms with Crippen molar-refractivity contribution in [1.82, 2.24) is 25.2 Å². The van der Waals surface area contributed by atoms with Gasteiger partial charge in [-0.1, -0.05) is 12.1 Å². The zero-order valence-corrected chi connectivity index (χ0v) is 16.2. The summed E-state index contributed by atoms with van der Waals surface area (Å²) < 4.78 is 0. The lowest BCUT2D eigenvalue weighted by molar-refractivity contribution is 0.164. The number of hydrogen-bond acceptors (Lipinski definition) is 5. The van der Waals surface area contributed by atoms with Crippen LogP contribution in [0.5, 0.6) is 0 Å². The molecule has 142 valence electrons. The zero-order chi connectivity index (χ0) is 17.6. The van der Waals surface area contributed by atoms with Crippen LogP contribution in [0, 0.1) is 0 Å². The Bertz CT molecular complexity index is 834. The van der Waals surface area contributed by atoms with Gasteiger partial charge in [0.05, 0.1) is 5.52 Å². The molecular formula is C21H26ClN5. The molecule has 1 aliphatic heterocycles. The largest absolute Gasteiger partial charge is 0.317 e. The normalized spacial score (nSPS) is 17.4. The minimum absolute atomic E-state index is 0. The summed E-state index contributed by atoms with van der Waals surface area (Å²) in [6, 6.07) is 11.3. The lowest BCUT2D eigenvalue weighted by atomic mass is 10.0. The zero-order valence-electron chi connectivity index (χ0n) is 15.4. The van der Waals surface area contributed by atoms with Gasteiger partial charge >= 0.3 is 0 Å². The Morgan fingerprint density at radius 2 is 1.85 bits per heavy atom. The molecule has 1 fully saturated rings. The van der Waals surface area contributed by atoms with Crippen molar-refractivity contribution in [3.8, 4) is 0 Å². The summed E-state index contributed by atoms with van der Waals surface area (Å²) in [6.45, 7) is 4.04. The molecule has 1 aromatic carbocycles. The van der Waals surface area contributed by atoms with E-state index in [4.69, 9.17) is 0 Å². The van der Waals surface area contributed by atoms with Gasteiger partial charge in [-0.3, -0.25) is 9.88 Å². The van der Waals surface area contributed by atoms with E-state index in [0.29, 0.717) is 6.04 Å². The highest BCUT2D eigenvalue weighted by Crippen LogP contribution is 2.21. The third-order valence-electron chi connectivity index (χ3n) is 5.11. The van der Waals surface area contributed by atoms with Gasteiger partial charge in [0.15, 0.2) is 0 Å². The van der Waals surface area contributed by atoms with E-state index in [9.17, 15) is 0 Å². The van der Waals surface area contributed by atoms with Crippen molar-refractivity contribution in [2.45, 2.75) is 38.4 Å². The Kier molecular flexibility index (Phi) is 7.10. The number of hydrogen-bond donors (Lipinski definition) is 1. The molecule has 1 atom stereocenters. The predicted octanol–water partition coefficient (Wildman–Crippen LogP) is 3.59. The van der Waals surface area contributed by atoms with Crippen molar-refractivity contribution < 1.29 is 0 Å². The van der Waals surface area contributed by atoms with E-state index in [0.717, 1.165) is 31.7 Å². The van der Waals surface area contributed by atoms with Crippen molar-refractivity contribution in [1.29, 1.82) is 0 Å². The van der Waals surface area contributed by atoms with Crippen LogP contribution in [0.15, 0.2) is 55.2 Å². The standard InChI is InChI=1S/C21H25N5.ClH/c1-3-19-11-17(5-6-21(19)25-9-1)14-26(15-18-12-23-16-24-13-18)20-4-2-8-22-10-7-20;/h1,3,5-6,9,11-13,16,20,22H,2,4,7-8,10,14-15H2;1H. The van der Waals surface area contributed by atoms with Crippen LogP contribution < -0.4 is 5.32 Å². The summed E-state index contributed by atoms with van der Waals surface area (Å²) in [5, 5.41) is 4.73. The molecule has 0 bridgehead atoms. The van der Waals surface area contributed by atoms with E-state index in [1.807, 2.05) is 24.7 Å². The smallest absolute Gasteiger partial charge is 0.115 e. The maximum absolute atomic E-state index is 4.43. The first-order valence-corrected chi connectivity index (χ1v) is 9.41. The van der Waals surface area contributed by atoms with Gasteiger partial charge in [-0.05, 0) is 56.1 Å². The molecule has 1 saturated heterocycles. The monoisotopic (exact) mass is 383 g/mol. The number of nitrogens with zero attached hydrogens (tertiary/aromatic N) is 4.